The zero-order valence-electron chi connectivity index (χ0n) is 14.3. The SMILES string of the molecule is COC[C@@]1(C(=O)O)[C@@H](c2ccc(C)cc2)[C@@H]1S(=O)(=O)c1ccc(Cl)cc1. The van der Waals surface area contributed by atoms with Crippen LogP contribution in [0.1, 0.15) is 17.0 Å². The van der Waals surface area contributed by atoms with Crippen LogP contribution in [-0.2, 0) is 19.4 Å². The first kappa shape index (κ1) is 18.9. The summed E-state index contributed by atoms with van der Waals surface area (Å²) < 4.78 is 31.5. The molecule has 3 rings (SSSR count). The summed E-state index contributed by atoms with van der Waals surface area (Å²) in [7, 11) is -2.51. The molecule has 0 aliphatic heterocycles. The van der Waals surface area contributed by atoms with Gasteiger partial charge in [0, 0.05) is 18.1 Å². The van der Waals surface area contributed by atoms with Crippen molar-refractivity contribution in [3.05, 3.63) is 64.7 Å². The smallest absolute Gasteiger partial charge is 0.314 e. The minimum atomic E-state index is -3.88. The van der Waals surface area contributed by atoms with Crippen molar-refractivity contribution < 1.29 is 23.1 Å². The quantitative estimate of drug-likeness (QED) is 0.812. The summed E-state index contributed by atoms with van der Waals surface area (Å²) in [5.74, 6) is -1.85. The predicted molar refractivity (Wildman–Crippen MR) is 98.3 cm³/mol. The molecule has 0 radical (unpaired) electrons. The van der Waals surface area contributed by atoms with Crippen molar-refractivity contribution in [1.29, 1.82) is 0 Å². The average molecular weight is 395 g/mol. The molecule has 26 heavy (non-hydrogen) atoms. The van der Waals surface area contributed by atoms with Crippen molar-refractivity contribution in [3.63, 3.8) is 0 Å². The molecule has 1 aliphatic carbocycles. The van der Waals surface area contributed by atoms with Gasteiger partial charge in [0.15, 0.2) is 9.84 Å². The molecule has 0 saturated heterocycles. The van der Waals surface area contributed by atoms with Crippen molar-refractivity contribution in [2.45, 2.75) is 23.0 Å². The first-order chi connectivity index (χ1) is 12.2. The number of carboxylic acids is 1. The molecule has 7 heteroatoms. The standard InChI is InChI=1S/C19H19ClO5S/c1-12-3-5-13(6-4-12)16-17(19(16,11-25-2)18(21)22)26(23,24)15-9-7-14(20)8-10-15/h3-10,16-17H,11H2,1-2H3,(H,21,22)/t16-,17-,19+/m0/s1. The Morgan fingerprint density at radius 3 is 2.23 bits per heavy atom. The number of ether oxygens (including phenoxy) is 1. The summed E-state index contributed by atoms with van der Waals surface area (Å²) in [6.07, 6.45) is 0. The highest BCUT2D eigenvalue weighted by molar-refractivity contribution is 7.92. The van der Waals surface area contributed by atoms with E-state index in [0.717, 1.165) is 5.56 Å². The van der Waals surface area contributed by atoms with Crippen LogP contribution < -0.4 is 0 Å². The number of rotatable bonds is 6. The summed E-state index contributed by atoms with van der Waals surface area (Å²) in [5.41, 5.74) is 0.180. The molecule has 1 aliphatic rings. The topological polar surface area (TPSA) is 80.7 Å². The van der Waals surface area contributed by atoms with Crippen LogP contribution in [0.5, 0.6) is 0 Å². The number of carbonyl (C=O) groups is 1. The molecule has 0 spiro atoms. The van der Waals surface area contributed by atoms with Gasteiger partial charge in [-0.1, -0.05) is 41.4 Å². The minimum Gasteiger partial charge on any atom is -0.481 e. The fraction of sp³-hybridized carbons (Fsp3) is 0.316. The van der Waals surface area contributed by atoms with Crippen LogP contribution in [0.25, 0.3) is 0 Å². The summed E-state index contributed by atoms with van der Waals surface area (Å²) >= 11 is 5.84. The van der Waals surface area contributed by atoms with E-state index in [4.69, 9.17) is 16.3 Å². The molecule has 138 valence electrons. The zero-order chi connectivity index (χ0) is 19.1. The Morgan fingerprint density at radius 1 is 1.15 bits per heavy atom. The van der Waals surface area contributed by atoms with Crippen LogP contribution in [0.2, 0.25) is 5.02 Å². The maximum absolute atomic E-state index is 13.2. The van der Waals surface area contributed by atoms with Gasteiger partial charge in [-0.2, -0.15) is 0 Å². The summed E-state index contributed by atoms with van der Waals surface area (Å²) in [6, 6.07) is 13.0. The van der Waals surface area contributed by atoms with Crippen LogP contribution in [0.4, 0.5) is 0 Å². The second-order valence-electron chi connectivity index (χ2n) is 6.59. The lowest BCUT2D eigenvalue weighted by Gasteiger charge is -2.12. The lowest BCUT2D eigenvalue weighted by molar-refractivity contribution is -0.145. The Hall–Kier alpha value is -1.89. The molecule has 0 amide bonds. The van der Waals surface area contributed by atoms with Gasteiger partial charge in [0.2, 0.25) is 0 Å². The van der Waals surface area contributed by atoms with Gasteiger partial charge in [0.25, 0.3) is 0 Å². The van der Waals surface area contributed by atoms with Crippen molar-refractivity contribution in [3.8, 4) is 0 Å². The molecule has 2 aromatic carbocycles. The second kappa shape index (κ2) is 6.68. The number of methoxy groups -OCH3 is 1. The Balaban J connectivity index is 2.11. The third-order valence-corrected chi connectivity index (χ3v) is 7.49. The van der Waals surface area contributed by atoms with E-state index < -0.39 is 32.4 Å². The first-order valence-corrected chi connectivity index (χ1v) is 9.96. The maximum atomic E-state index is 13.2. The van der Waals surface area contributed by atoms with Gasteiger partial charge in [-0.15, -0.1) is 0 Å². The number of aliphatic carboxylic acids is 1. The number of sulfone groups is 1. The summed E-state index contributed by atoms with van der Waals surface area (Å²) in [5, 5.41) is 9.19. The maximum Gasteiger partial charge on any atom is 0.314 e. The van der Waals surface area contributed by atoms with Gasteiger partial charge in [0.1, 0.15) is 5.41 Å². The molecule has 1 fully saturated rings. The van der Waals surface area contributed by atoms with E-state index in [2.05, 4.69) is 0 Å². The third kappa shape index (κ3) is 2.92. The molecule has 0 heterocycles. The highest BCUT2D eigenvalue weighted by Gasteiger charge is 2.76. The molecule has 5 nitrogen and oxygen atoms in total. The highest BCUT2D eigenvalue weighted by atomic mass is 35.5. The second-order valence-corrected chi connectivity index (χ2v) is 9.09. The molecule has 1 saturated carbocycles. The van der Waals surface area contributed by atoms with Crippen molar-refractivity contribution in [2.24, 2.45) is 5.41 Å². The van der Waals surface area contributed by atoms with Gasteiger partial charge in [-0.25, -0.2) is 8.42 Å². The molecular weight excluding hydrogens is 376 g/mol. The summed E-state index contributed by atoms with van der Waals surface area (Å²) in [6.45, 7) is 1.73. The molecule has 3 atom stereocenters. The number of halogens is 1. The third-order valence-electron chi connectivity index (χ3n) is 4.95. The van der Waals surface area contributed by atoms with Gasteiger partial charge in [-0.05, 0) is 36.8 Å². The fourth-order valence-corrected chi connectivity index (χ4v) is 6.09. The van der Waals surface area contributed by atoms with Crippen molar-refractivity contribution in [1.82, 2.24) is 0 Å². The Morgan fingerprint density at radius 2 is 1.73 bits per heavy atom. The summed E-state index contributed by atoms with van der Waals surface area (Å²) in [4.78, 5) is 12.2. The van der Waals surface area contributed by atoms with E-state index in [1.54, 1.807) is 12.1 Å². The van der Waals surface area contributed by atoms with Crippen molar-refractivity contribution >= 4 is 27.4 Å². The Bertz CT molecular complexity index is 921. The number of hydrogen-bond acceptors (Lipinski definition) is 4. The van der Waals surface area contributed by atoms with Crippen LogP contribution in [-0.4, -0.2) is 38.5 Å². The van der Waals surface area contributed by atoms with Crippen molar-refractivity contribution in [2.75, 3.05) is 13.7 Å². The Labute approximate surface area is 157 Å². The molecule has 0 unspecified atom stereocenters. The molecule has 0 aromatic heterocycles. The van der Waals surface area contributed by atoms with E-state index in [0.29, 0.717) is 10.6 Å². The van der Waals surface area contributed by atoms with E-state index in [-0.39, 0.29) is 11.5 Å². The lowest BCUT2D eigenvalue weighted by Crippen LogP contribution is -2.28. The number of benzene rings is 2. The lowest BCUT2D eigenvalue weighted by atomic mass is 9.99. The normalized spacial score (nSPS) is 25.0. The van der Waals surface area contributed by atoms with E-state index in [1.165, 1.54) is 31.4 Å². The molecule has 1 N–H and O–H groups in total. The number of aryl methyl sites for hydroxylation is 1. The monoisotopic (exact) mass is 394 g/mol. The van der Waals surface area contributed by atoms with Crippen LogP contribution in [0.15, 0.2) is 53.4 Å². The first-order valence-electron chi connectivity index (χ1n) is 8.03. The van der Waals surface area contributed by atoms with E-state index >= 15 is 0 Å². The predicted octanol–water partition coefficient (Wildman–Crippen LogP) is 3.31. The fourth-order valence-electron chi connectivity index (χ4n) is 3.60. The van der Waals surface area contributed by atoms with Gasteiger partial charge in [-0.3, -0.25) is 4.79 Å². The number of hydrogen-bond donors (Lipinski definition) is 1. The number of carboxylic acid groups (broad SMARTS) is 1. The zero-order valence-corrected chi connectivity index (χ0v) is 15.9. The molecule has 2 aromatic rings. The van der Waals surface area contributed by atoms with Gasteiger partial charge < -0.3 is 9.84 Å². The van der Waals surface area contributed by atoms with Crippen LogP contribution in [0, 0.1) is 12.3 Å². The van der Waals surface area contributed by atoms with E-state index in [9.17, 15) is 18.3 Å². The average Bonchev–Trinajstić information content (AvgIpc) is 3.27. The minimum absolute atomic E-state index is 0.0586. The van der Waals surface area contributed by atoms with Crippen LogP contribution in [0.3, 0.4) is 0 Å². The molecular formula is C19H19ClO5S. The van der Waals surface area contributed by atoms with Crippen LogP contribution >= 0.6 is 11.6 Å². The molecule has 0 bridgehead atoms. The highest BCUT2D eigenvalue weighted by Crippen LogP contribution is 2.64. The Kier molecular flexibility index (Phi) is 4.86. The van der Waals surface area contributed by atoms with E-state index in [1.807, 2.05) is 19.1 Å². The largest absolute Gasteiger partial charge is 0.481 e. The van der Waals surface area contributed by atoms with Gasteiger partial charge in [0.05, 0.1) is 16.8 Å². The van der Waals surface area contributed by atoms with Gasteiger partial charge >= 0.3 is 5.97 Å².